The fourth-order valence-corrected chi connectivity index (χ4v) is 4.11. The summed E-state index contributed by atoms with van der Waals surface area (Å²) in [5, 5.41) is 5.62. The third-order valence-corrected chi connectivity index (χ3v) is 5.61. The molecule has 0 unspecified atom stereocenters. The summed E-state index contributed by atoms with van der Waals surface area (Å²) in [4.78, 5) is 39.7. The normalized spacial score (nSPS) is 21.4. The second kappa shape index (κ2) is 11.0. The van der Waals surface area contributed by atoms with Crippen molar-refractivity contribution in [3.05, 3.63) is 41.1 Å². The molecule has 0 spiro atoms. The van der Waals surface area contributed by atoms with E-state index in [9.17, 15) is 14.4 Å². The number of rotatable bonds is 8. The van der Waals surface area contributed by atoms with Crippen LogP contribution in [0.25, 0.3) is 0 Å². The van der Waals surface area contributed by atoms with Crippen LogP contribution in [0.4, 0.5) is 4.79 Å². The minimum absolute atomic E-state index is 0.206. The average Bonchev–Trinajstić information content (AvgIpc) is 2.79. The predicted molar refractivity (Wildman–Crippen MR) is 117 cm³/mol. The van der Waals surface area contributed by atoms with Crippen LogP contribution in [-0.4, -0.2) is 62.8 Å². The maximum absolute atomic E-state index is 12.9. The molecule has 1 aromatic carbocycles. The minimum atomic E-state index is -0.658. The smallest absolute Gasteiger partial charge is 0.338 e. The van der Waals surface area contributed by atoms with Crippen molar-refractivity contribution in [2.45, 2.75) is 32.7 Å². The molecule has 0 aromatic heterocycles. The summed E-state index contributed by atoms with van der Waals surface area (Å²) in [6.45, 7) is 5.68. The van der Waals surface area contributed by atoms with E-state index in [2.05, 4.69) is 15.5 Å². The van der Waals surface area contributed by atoms with Crippen molar-refractivity contribution in [1.29, 1.82) is 0 Å². The average molecular weight is 446 g/mol. The van der Waals surface area contributed by atoms with Crippen LogP contribution < -0.4 is 15.4 Å². The van der Waals surface area contributed by atoms with Gasteiger partial charge in [0.1, 0.15) is 5.75 Å². The number of hydrogen-bond donors (Lipinski definition) is 2. The van der Waals surface area contributed by atoms with Crippen molar-refractivity contribution < 1.29 is 28.6 Å². The van der Waals surface area contributed by atoms with Gasteiger partial charge in [-0.25, -0.2) is 9.59 Å². The van der Waals surface area contributed by atoms with E-state index in [0.29, 0.717) is 36.7 Å². The Balaban J connectivity index is 1.90. The molecule has 2 amide bonds. The fraction of sp³-hybridized carbons (Fsp3) is 0.522. The highest BCUT2D eigenvalue weighted by atomic mass is 16.5. The van der Waals surface area contributed by atoms with Crippen LogP contribution in [-0.2, 0) is 19.1 Å². The highest BCUT2D eigenvalue weighted by molar-refractivity contribution is 5.95. The highest BCUT2D eigenvalue weighted by Gasteiger charge is 2.35. The Hall–Kier alpha value is -3.07. The van der Waals surface area contributed by atoms with Crippen molar-refractivity contribution in [1.82, 2.24) is 15.5 Å². The van der Waals surface area contributed by atoms with Crippen molar-refractivity contribution in [3.8, 4) is 5.75 Å². The van der Waals surface area contributed by atoms with Crippen LogP contribution in [0.5, 0.6) is 5.75 Å². The molecule has 1 fully saturated rings. The molecule has 174 valence electrons. The van der Waals surface area contributed by atoms with Gasteiger partial charge < -0.3 is 24.8 Å². The first kappa shape index (κ1) is 23.6. The van der Waals surface area contributed by atoms with E-state index in [1.165, 1.54) is 0 Å². The zero-order valence-electron chi connectivity index (χ0n) is 18.8. The van der Waals surface area contributed by atoms with E-state index >= 15 is 0 Å². The molecule has 32 heavy (non-hydrogen) atoms. The van der Waals surface area contributed by atoms with E-state index in [1.807, 2.05) is 12.1 Å². The summed E-state index contributed by atoms with van der Waals surface area (Å²) in [5.74, 6) is -0.239. The quantitative estimate of drug-likeness (QED) is 0.591. The van der Waals surface area contributed by atoms with Gasteiger partial charge in [0, 0.05) is 18.8 Å². The van der Waals surface area contributed by atoms with Crippen LogP contribution in [0.3, 0.4) is 0 Å². The van der Waals surface area contributed by atoms with Crippen LogP contribution in [0.2, 0.25) is 0 Å². The Morgan fingerprint density at radius 2 is 1.84 bits per heavy atom. The molecule has 2 aliphatic rings. The van der Waals surface area contributed by atoms with Crippen molar-refractivity contribution >= 4 is 18.0 Å². The van der Waals surface area contributed by atoms with Gasteiger partial charge in [0.25, 0.3) is 0 Å². The van der Waals surface area contributed by atoms with Gasteiger partial charge in [0.2, 0.25) is 0 Å². The third-order valence-electron chi connectivity index (χ3n) is 5.61. The third kappa shape index (κ3) is 5.59. The maximum atomic E-state index is 12.9. The molecule has 1 aromatic rings. The van der Waals surface area contributed by atoms with Gasteiger partial charge >= 0.3 is 18.0 Å². The Morgan fingerprint density at radius 1 is 1.12 bits per heavy atom. The number of carbonyl (C=O) groups is 3. The monoisotopic (exact) mass is 445 g/mol. The Morgan fingerprint density at radius 3 is 2.50 bits per heavy atom. The standard InChI is InChI=1S/C23H31N3O6/c1-4-31-21(27)16-7-6-12-26(13-16)14-18-19(22(28)32-5-2)20(25-23(29)24-18)15-8-10-17(30-3)11-9-15/h8-11,16,20H,4-7,12-14H2,1-3H3,(H2,24,25,29)/t16-,20-/m0/s1. The van der Waals surface area contributed by atoms with Crippen LogP contribution in [0.1, 0.15) is 38.3 Å². The first-order chi connectivity index (χ1) is 15.5. The molecular weight excluding hydrogens is 414 g/mol. The lowest BCUT2D eigenvalue weighted by molar-refractivity contribution is -0.150. The molecule has 9 nitrogen and oxygen atoms in total. The number of nitrogens with zero attached hydrogens (tertiary/aromatic N) is 1. The first-order valence-electron chi connectivity index (χ1n) is 11.0. The van der Waals surface area contributed by atoms with Crippen LogP contribution in [0.15, 0.2) is 35.5 Å². The Kier molecular flexibility index (Phi) is 8.10. The summed E-state index contributed by atoms with van der Waals surface area (Å²) in [5.41, 5.74) is 1.58. The van der Waals surface area contributed by atoms with E-state index in [-0.39, 0.29) is 18.5 Å². The van der Waals surface area contributed by atoms with Crippen LogP contribution in [0, 0.1) is 5.92 Å². The molecule has 0 radical (unpaired) electrons. The highest BCUT2D eigenvalue weighted by Crippen LogP contribution is 2.30. The van der Waals surface area contributed by atoms with Gasteiger partial charge in [0.15, 0.2) is 0 Å². The number of methoxy groups -OCH3 is 1. The van der Waals surface area contributed by atoms with Gasteiger partial charge in [-0.1, -0.05) is 12.1 Å². The molecule has 0 saturated carbocycles. The zero-order valence-corrected chi connectivity index (χ0v) is 18.8. The van der Waals surface area contributed by atoms with Crippen LogP contribution >= 0.6 is 0 Å². The van der Waals surface area contributed by atoms with Gasteiger partial charge in [0.05, 0.1) is 37.9 Å². The number of benzene rings is 1. The number of amides is 2. The van der Waals surface area contributed by atoms with Crippen molar-refractivity contribution in [3.63, 3.8) is 0 Å². The first-order valence-corrected chi connectivity index (χ1v) is 11.0. The predicted octanol–water partition coefficient (Wildman–Crippen LogP) is 2.14. The van der Waals surface area contributed by atoms with E-state index in [4.69, 9.17) is 14.2 Å². The molecular formula is C23H31N3O6. The van der Waals surface area contributed by atoms with E-state index < -0.39 is 18.0 Å². The molecule has 0 aliphatic carbocycles. The number of urea groups is 1. The van der Waals surface area contributed by atoms with Gasteiger partial charge in [-0.2, -0.15) is 0 Å². The number of piperidine rings is 1. The van der Waals surface area contributed by atoms with Crippen molar-refractivity contribution in [2.24, 2.45) is 5.92 Å². The SMILES string of the molecule is CCOC(=O)C1=C(CN2CCC[C@H](C(=O)OCC)C2)NC(=O)N[C@H]1c1ccc(OC)cc1. The lowest BCUT2D eigenvalue weighted by atomic mass is 9.93. The Bertz CT molecular complexity index is 867. The topological polar surface area (TPSA) is 106 Å². The summed E-state index contributed by atoms with van der Waals surface area (Å²) >= 11 is 0. The van der Waals surface area contributed by atoms with Gasteiger partial charge in [-0.15, -0.1) is 0 Å². The molecule has 9 heteroatoms. The lowest BCUT2D eigenvalue weighted by Crippen LogP contribution is -2.50. The number of nitrogens with one attached hydrogen (secondary N) is 2. The number of hydrogen-bond acceptors (Lipinski definition) is 7. The lowest BCUT2D eigenvalue weighted by Gasteiger charge is -2.35. The second-order valence-corrected chi connectivity index (χ2v) is 7.74. The summed E-state index contributed by atoms with van der Waals surface area (Å²) in [6.07, 6.45) is 1.60. The summed E-state index contributed by atoms with van der Waals surface area (Å²) in [7, 11) is 1.57. The van der Waals surface area contributed by atoms with Gasteiger partial charge in [-0.05, 0) is 50.9 Å². The Labute approximate surface area is 188 Å². The molecule has 0 bridgehead atoms. The number of ether oxygens (including phenoxy) is 3. The number of carbonyl (C=O) groups excluding carboxylic acids is 3. The molecule has 2 heterocycles. The van der Waals surface area contributed by atoms with E-state index in [1.54, 1.807) is 33.1 Å². The molecule has 3 rings (SSSR count). The fourth-order valence-electron chi connectivity index (χ4n) is 4.11. The molecule has 2 aliphatic heterocycles. The molecule has 2 N–H and O–H groups in total. The number of likely N-dealkylation sites (tertiary alicyclic amines) is 1. The summed E-state index contributed by atoms with van der Waals surface area (Å²) in [6, 6.07) is 6.12. The molecule has 2 atom stereocenters. The minimum Gasteiger partial charge on any atom is -0.497 e. The maximum Gasteiger partial charge on any atom is 0.338 e. The summed E-state index contributed by atoms with van der Waals surface area (Å²) < 4.78 is 15.7. The molecule has 1 saturated heterocycles. The van der Waals surface area contributed by atoms with Crippen molar-refractivity contribution in [2.75, 3.05) is 40.0 Å². The zero-order chi connectivity index (χ0) is 23.1. The second-order valence-electron chi connectivity index (χ2n) is 7.74. The van der Waals surface area contributed by atoms with E-state index in [0.717, 1.165) is 24.9 Å². The van der Waals surface area contributed by atoms with Gasteiger partial charge in [-0.3, -0.25) is 9.69 Å². The largest absolute Gasteiger partial charge is 0.497 e. The number of esters is 2.